The minimum atomic E-state index is -1.97. The van der Waals surface area contributed by atoms with Gasteiger partial charge in [0.2, 0.25) is 0 Å². The minimum Gasteiger partial charge on any atom is -0.120 e. The van der Waals surface area contributed by atoms with Crippen LogP contribution in [0.4, 0.5) is 0 Å². The van der Waals surface area contributed by atoms with Crippen LogP contribution in [0.25, 0.3) is 0 Å². The third-order valence-corrected chi connectivity index (χ3v) is 7.57. The van der Waals surface area contributed by atoms with Crippen molar-refractivity contribution in [2.75, 3.05) is 0 Å². The molecule has 0 saturated heterocycles. The van der Waals surface area contributed by atoms with Crippen LogP contribution in [0.5, 0.6) is 0 Å². The molecule has 0 aromatic heterocycles. The zero-order valence-corrected chi connectivity index (χ0v) is 14.2. The van der Waals surface area contributed by atoms with Gasteiger partial charge < -0.3 is 0 Å². The van der Waals surface area contributed by atoms with Gasteiger partial charge in [0, 0.05) is 12.8 Å². The molecule has 0 aliphatic rings. The molecule has 22 heavy (non-hydrogen) atoms. The Morgan fingerprint density at radius 2 is 1.32 bits per heavy atom. The first-order chi connectivity index (χ1) is 10.8. The predicted molar refractivity (Wildman–Crippen MR) is 98.8 cm³/mol. The largest absolute Gasteiger partial charge is 0.196 e. The number of hydrogen-bond donors (Lipinski definition) is 0. The highest BCUT2D eigenvalue weighted by Crippen LogP contribution is 2.05. The Labute approximate surface area is 135 Å². The fourth-order valence-corrected chi connectivity index (χ4v) is 5.35. The van der Waals surface area contributed by atoms with Crippen molar-refractivity contribution in [1.82, 2.24) is 0 Å². The van der Waals surface area contributed by atoms with Gasteiger partial charge in [0.1, 0.15) is 0 Å². The van der Waals surface area contributed by atoms with Gasteiger partial charge in [-0.25, -0.2) is 0 Å². The van der Waals surface area contributed by atoms with E-state index in [4.69, 9.17) is 6.42 Å². The summed E-state index contributed by atoms with van der Waals surface area (Å²) in [4.78, 5) is 0. The molecule has 0 unspecified atom stereocenters. The molecule has 0 fully saturated rings. The zero-order valence-electron chi connectivity index (χ0n) is 13.2. The molecule has 0 N–H and O–H groups in total. The molecular weight excluding hydrogens is 280 g/mol. The molecule has 0 spiro atoms. The smallest absolute Gasteiger partial charge is 0.120 e. The number of terminal acetylenes is 1. The molecule has 2 aromatic carbocycles. The lowest BCUT2D eigenvalue weighted by atomic mass is 10.2. The monoisotopic (exact) mass is 302 g/mol. The van der Waals surface area contributed by atoms with Crippen molar-refractivity contribution in [3.63, 3.8) is 0 Å². The van der Waals surface area contributed by atoms with E-state index in [2.05, 4.69) is 84.6 Å². The molecule has 0 radical (unpaired) electrons. The molecule has 0 heterocycles. The summed E-state index contributed by atoms with van der Waals surface area (Å²) in [6.07, 6.45) is 9.23. The van der Waals surface area contributed by atoms with Crippen molar-refractivity contribution in [3.05, 3.63) is 60.7 Å². The average Bonchev–Trinajstić information content (AvgIpc) is 2.59. The molecule has 0 amide bonds. The second-order valence-electron chi connectivity index (χ2n) is 5.57. The van der Waals surface area contributed by atoms with Crippen molar-refractivity contribution in [2.24, 2.45) is 0 Å². The quantitative estimate of drug-likeness (QED) is 0.449. The van der Waals surface area contributed by atoms with E-state index in [0.29, 0.717) is 0 Å². The van der Waals surface area contributed by atoms with Gasteiger partial charge in [-0.3, -0.25) is 0 Å². The lowest BCUT2D eigenvalue weighted by molar-refractivity contribution is 0.783. The fraction of sp³-hybridized carbons (Fsp3) is 0.238. The van der Waals surface area contributed by atoms with Gasteiger partial charge >= 0.3 is 0 Å². The highest BCUT2D eigenvalue weighted by molar-refractivity contribution is 7.07. The summed E-state index contributed by atoms with van der Waals surface area (Å²) in [7, 11) is -1.97. The SMILES string of the molecule is C#CCCCCC#C[Si](C)(c1ccccc1)c1ccccc1. The molecule has 0 nitrogen and oxygen atoms in total. The summed E-state index contributed by atoms with van der Waals surface area (Å²) in [5, 5.41) is 2.75. The summed E-state index contributed by atoms with van der Waals surface area (Å²) in [5.74, 6) is 6.11. The van der Waals surface area contributed by atoms with Gasteiger partial charge in [0.15, 0.2) is 8.07 Å². The van der Waals surface area contributed by atoms with Crippen molar-refractivity contribution < 1.29 is 0 Å². The molecule has 0 aliphatic heterocycles. The summed E-state index contributed by atoms with van der Waals surface area (Å²) >= 11 is 0. The minimum absolute atomic E-state index is 0.855. The Kier molecular flexibility index (Phi) is 6.08. The Morgan fingerprint density at radius 3 is 1.82 bits per heavy atom. The van der Waals surface area contributed by atoms with Crippen LogP contribution >= 0.6 is 0 Å². The van der Waals surface area contributed by atoms with Gasteiger partial charge in [-0.2, -0.15) is 0 Å². The predicted octanol–water partition coefficient (Wildman–Crippen LogP) is 3.62. The summed E-state index contributed by atoms with van der Waals surface area (Å²) < 4.78 is 0. The molecule has 0 bridgehead atoms. The van der Waals surface area contributed by atoms with E-state index < -0.39 is 8.07 Å². The maximum atomic E-state index is 5.29. The summed E-state index contributed by atoms with van der Waals surface area (Å²) in [6, 6.07) is 21.4. The zero-order chi connectivity index (χ0) is 15.7. The first kappa shape index (κ1) is 16.2. The topological polar surface area (TPSA) is 0 Å². The van der Waals surface area contributed by atoms with E-state index in [0.717, 1.165) is 25.7 Å². The third kappa shape index (κ3) is 4.14. The van der Waals surface area contributed by atoms with E-state index in [1.807, 2.05) is 0 Å². The van der Waals surface area contributed by atoms with Crippen LogP contribution in [0.2, 0.25) is 6.55 Å². The Bertz CT molecular complexity index is 629. The molecule has 2 aromatic rings. The van der Waals surface area contributed by atoms with E-state index in [9.17, 15) is 0 Å². The van der Waals surface area contributed by atoms with E-state index >= 15 is 0 Å². The Morgan fingerprint density at radius 1 is 0.818 bits per heavy atom. The Hall–Kier alpha value is -2.22. The molecule has 1 heteroatoms. The second-order valence-corrected chi connectivity index (χ2v) is 9.22. The van der Waals surface area contributed by atoms with Gasteiger partial charge in [-0.05, 0) is 23.2 Å². The van der Waals surface area contributed by atoms with Crippen LogP contribution in [-0.4, -0.2) is 8.07 Å². The molecule has 110 valence electrons. The van der Waals surface area contributed by atoms with Gasteiger partial charge in [-0.15, -0.1) is 23.8 Å². The number of rotatable bonds is 5. The summed E-state index contributed by atoms with van der Waals surface area (Å²) in [5.41, 5.74) is 3.64. The highest BCUT2D eigenvalue weighted by atomic mass is 28.3. The van der Waals surface area contributed by atoms with Crippen molar-refractivity contribution >= 4 is 18.4 Å². The molecule has 0 saturated carbocycles. The number of benzene rings is 2. The first-order valence-corrected chi connectivity index (χ1v) is 10.3. The van der Waals surface area contributed by atoms with E-state index in [-0.39, 0.29) is 0 Å². The Balaban J connectivity index is 2.24. The number of hydrogen-bond acceptors (Lipinski definition) is 0. The number of unbranched alkanes of at least 4 members (excludes halogenated alkanes) is 3. The molecule has 0 aliphatic carbocycles. The van der Waals surface area contributed by atoms with E-state index in [1.165, 1.54) is 10.4 Å². The van der Waals surface area contributed by atoms with Crippen molar-refractivity contribution in [3.8, 4) is 23.8 Å². The van der Waals surface area contributed by atoms with Crippen LogP contribution in [0.1, 0.15) is 25.7 Å². The molecular formula is C21H22Si. The summed E-state index contributed by atoms with van der Waals surface area (Å²) in [6.45, 7) is 2.34. The average molecular weight is 302 g/mol. The van der Waals surface area contributed by atoms with Crippen LogP contribution in [0, 0.1) is 23.8 Å². The normalized spacial score (nSPS) is 10.4. The van der Waals surface area contributed by atoms with Crippen LogP contribution in [0.3, 0.4) is 0 Å². The van der Waals surface area contributed by atoms with Crippen LogP contribution in [0.15, 0.2) is 60.7 Å². The standard InChI is InChI=1S/C21H22Si/c1-3-4-5-6-7-14-19-22(2,20-15-10-8-11-16-20)21-17-12-9-13-18-21/h1,8-13,15-18H,4-7H2,2H3. The fourth-order valence-electron chi connectivity index (χ4n) is 2.53. The second kappa shape index (κ2) is 8.28. The van der Waals surface area contributed by atoms with Crippen LogP contribution < -0.4 is 10.4 Å². The van der Waals surface area contributed by atoms with Crippen LogP contribution in [-0.2, 0) is 0 Å². The highest BCUT2D eigenvalue weighted by Gasteiger charge is 2.29. The lowest BCUT2D eigenvalue weighted by Gasteiger charge is -2.22. The molecule has 2 rings (SSSR count). The van der Waals surface area contributed by atoms with Crippen molar-refractivity contribution in [2.45, 2.75) is 32.2 Å². The van der Waals surface area contributed by atoms with E-state index in [1.54, 1.807) is 0 Å². The lowest BCUT2D eigenvalue weighted by Crippen LogP contribution is -2.54. The molecule has 0 atom stereocenters. The van der Waals surface area contributed by atoms with Gasteiger partial charge in [0.05, 0.1) is 0 Å². The maximum Gasteiger partial charge on any atom is 0.196 e. The third-order valence-electron chi connectivity index (χ3n) is 3.91. The van der Waals surface area contributed by atoms with Gasteiger partial charge in [0.25, 0.3) is 0 Å². The maximum absolute atomic E-state index is 5.29. The first-order valence-electron chi connectivity index (χ1n) is 7.82. The van der Waals surface area contributed by atoms with Crippen molar-refractivity contribution in [1.29, 1.82) is 0 Å². The van der Waals surface area contributed by atoms with Gasteiger partial charge in [-0.1, -0.05) is 67.2 Å².